The molecule has 2 aromatic rings. The molecule has 0 aliphatic carbocycles. The normalized spacial score (nSPS) is 16.0. The molecule has 3 unspecified atom stereocenters. The minimum absolute atomic E-state index is 0.496. The van der Waals surface area contributed by atoms with E-state index in [2.05, 4.69) is 39.8 Å². The standard InChI is InChI=1S/C20H26ClO2PS/c1-5-15(3)17-7-11-19(12-8-17)23-24(21,22)25-20-13-9-18(10-14-20)16(4)6-2/h7-16H,5-6H2,1-4H3. The van der Waals surface area contributed by atoms with Gasteiger partial charge in [0.2, 0.25) is 0 Å². The molecule has 0 amide bonds. The van der Waals surface area contributed by atoms with Crippen LogP contribution < -0.4 is 4.52 Å². The number of benzene rings is 2. The molecule has 3 atom stereocenters. The van der Waals surface area contributed by atoms with Gasteiger partial charge in [0, 0.05) is 4.90 Å². The van der Waals surface area contributed by atoms with Gasteiger partial charge in [0.25, 0.3) is 0 Å². The van der Waals surface area contributed by atoms with E-state index in [4.69, 9.17) is 15.8 Å². The highest BCUT2D eigenvalue weighted by Gasteiger charge is 2.23. The fourth-order valence-corrected chi connectivity index (χ4v) is 5.82. The van der Waals surface area contributed by atoms with Crippen molar-refractivity contribution in [2.75, 3.05) is 0 Å². The van der Waals surface area contributed by atoms with Crippen LogP contribution >= 0.6 is 28.5 Å². The molecule has 0 fully saturated rings. The van der Waals surface area contributed by atoms with Gasteiger partial charge in [-0.05, 0) is 82.7 Å². The van der Waals surface area contributed by atoms with Crippen LogP contribution in [-0.4, -0.2) is 0 Å². The van der Waals surface area contributed by atoms with Crippen molar-refractivity contribution >= 4 is 28.5 Å². The first-order valence-electron chi connectivity index (χ1n) is 8.73. The third kappa shape index (κ3) is 6.09. The predicted octanol–water partition coefficient (Wildman–Crippen LogP) is 8.23. The van der Waals surface area contributed by atoms with Crippen LogP contribution in [0.4, 0.5) is 0 Å². The summed E-state index contributed by atoms with van der Waals surface area (Å²) < 4.78 is 18.2. The first-order chi connectivity index (χ1) is 11.8. The van der Waals surface area contributed by atoms with Crippen LogP contribution in [0.25, 0.3) is 0 Å². The van der Waals surface area contributed by atoms with E-state index < -0.39 is 5.92 Å². The van der Waals surface area contributed by atoms with Gasteiger partial charge in [0.05, 0.1) is 0 Å². The van der Waals surface area contributed by atoms with Crippen molar-refractivity contribution in [1.82, 2.24) is 0 Å². The van der Waals surface area contributed by atoms with E-state index in [1.54, 1.807) is 0 Å². The second kappa shape index (κ2) is 9.16. The molecule has 2 nitrogen and oxygen atoms in total. The topological polar surface area (TPSA) is 26.3 Å². The Labute approximate surface area is 160 Å². The molecule has 0 radical (unpaired) electrons. The van der Waals surface area contributed by atoms with E-state index in [1.165, 1.54) is 11.1 Å². The van der Waals surface area contributed by atoms with Crippen LogP contribution in [-0.2, 0) is 4.57 Å². The van der Waals surface area contributed by atoms with Crippen molar-refractivity contribution in [3.05, 3.63) is 59.7 Å². The Kier molecular flexibility index (Phi) is 7.49. The molecule has 2 aromatic carbocycles. The monoisotopic (exact) mass is 396 g/mol. The van der Waals surface area contributed by atoms with Crippen LogP contribution in [0.3, 0.4) is 0 Å². The average Bonchev–Trinajstić information content (AvgIpc) is 2.61. The fourth-order valence-electron chi connectivity index (χ4n) is 2.46. The Morgan fingerprint density at radius 1 is 0.920 bits per heavy atom. The predicted molar refractivity (Wildman–Crippen MR) is 110 cm³/mol. The molecular formula is C20H26ClO2PS. The van der Waals surface area contributed by atoms with Crippen molar-refractivity contribution in [2.24, 2.45) is 0 Å². The summed E-state index contributed by atoms with van der Waals surface area (Å²) in [7, 11) is 0. The maximum absolute atomic E-state index is 12.6. The van der Waals surface area contributed by atoms with Gasteiger partial charge < -0.3 is 4.52 Å². The highest BCUT2D eigenvalue weighted by Crippen LogP contribution is 2.66. The molecule has 136 valence electrons. The highest BCUT2D eigenvalue weighted by molar-refractivity contribution is 8.63. The molecule has 0 saturated carbocycles. The molecule has 0 aliphatic rings. The number of hydrogen-bond donors (Lipinski definition) is 0. The Bertz CT molecular complexity index is 656. The maximum Gasteiger partial charge on any atom is 0.398 e. The lowest BCUT2D eigenvalue weighted by atomic mass is 9.99. The van der Waals surface area contributed by atoms with Crippen LogP contribution in [0.1, 0.15) is 63.5 Å². The molecular weight excluding hydrogens is 371 g/mol. The molecule has 0 aromatic heterocycles. The van der Waals surface area contributed by atoms with Gasteiger partial charge >= 0.3 is 5.92 Å². The molecule has 0 N–H and O–H groups in total. The summed E-state index contributed by atoms with van der Waals surface area (Å²) in [5, 5.41) is 0. The smallest absolute Gasteiger partial charge is 0.398 e. The molecule has 0 aliphatic heterocycles. The summed E-state index contributed by atoms with van der Waals surface area (Å²) in [6.45, 7) is 8.70. The summed E-state index contributed by atoms with van der Waals surface area (Å²) in [6.07, 6.45) is 2.17. The maximum atomic E-state index is 12.6. The summed E-state index contributed by atoms with van der Waals surface area (Å²) in [4.78, 5) is 0.849. The summed E-state index contributed by atoms with van der Waals surface area (Å²) in [5.74, 6) is -1.79. The number of halogens is 1. The zero-order valence-corrected chi connectivity index (χ0v) is 17.7. The highest BCUT2D eigenvalue weighted by atomic mass is 35.7. The third-order valence-electron chi connectivity index (χ3n) is 4.55. The quantitative estimate of drug-likeness (QED) is 0.420. The van der Waals surface area contributed by atoms with Gasteiger partial charge in [-0.2, -0.15) is 0 Å². The first kappa shape index (κ1) is 20.4. The largest absolute Gasteiger partial charge is 0.425 e. The van der Waals surface area contributed by atoms with E-state index in [1.807, 2.05) is 36.4 Å². The van der Waals surface area contributed by atoms with Gasteiger partial charge in [-0.3, -0.25) is 0 Å². The van der Waals surface area contributed by atoms with E-state index in [-0.39, 0.29) is 0 Å². The van der Waals surface area contributed by atoms with Crippen LogP contribution in [0.2, 0.25) is 0 Å². The zero-order chi connectivity index (χ0) is 18.4. The number of hydrogen-bond acceptors (Lipinski definition) is 3. The van der Waals surface area contributed by atoms with Gasteiger partial charge in [0.1, 0.15) is 5.75 Å². The summed E-state index contributed by atoms with van der Waals surface area (Å²) in [6, 6.07) is 15.7. The van der Waals surface area contributed by atoms with Crippen molar-refractivity contribution in [2.45, 2.75) is 57.3 Å². The molecule has 2 rings (SSSR count). The Morgan fingerprint density at radius 2 is 1.36 bits per heavy atom. The van der Waals surface area contributed by atoms with Gasteiger partial charge in [0.15, 0.2) is 0 Å². The lowest BCUT2D eigenvalue weighted by Gasteiger charge is -2.14. The molecule has 5 heteroatoms. The molecule has 25 heavy (non-hydrogen) atoms. The molecule has 0 bridgehead atoms. The first-order valence-corrected chi connectivity index (χ1v) is 12.7. The minimum atomic E-state index is -3.34. The molecule has 0 spiro atoms. The summed E-state index contributed by atoms with van der Waals surface area (Å²) in [5.41, 5.74) is 2.52. The van der Waals surface area contributed by atoms with Crippen molar-refractivity contribution in [3.63, 3.8) is 0 Å². The van der Waals surface area contributed by atoms with E-state index in [0.29, 0.717) is 17.6 Å². The van der Waals surface area contributed by atoms with E-state index >= 15 is 0 Å². The average molecular weight is 397 g/mol. The van der Waals surface area contributed by atoms with Crippen LogP contribution in [0.15, 0.2) is 53.4 Å². The van der Waals surface area contributed by atoms with E-state index in [0.717, 1.165) is 29.1 Å². The van der Waals surface area contributed by atoms with Crippen molar-refractivity contribution < 1.29 is 9.09 Å². The zero-order valence-electron chi connectivity index (χ0n) is 15.2. The number of rotatable bonds is 8. The molecule has 0 heterocycles. The Hall–Kier alpha value is -0.890. The Morgan fingerprint density at radius 3 is 1.80 bits per heavy atom. The SMILES string of the molecule is CCC(C)c1ccc(OP(=O)(Cl)Sc2ccc(C(C)CC)cc2)cc1. The van der Waals surface area contributed by atoms with E-state index in [9.17, 15) is 4.57 Å². The molecule has 0 saturated heterocycles. The summed E-state index contributed by atoms with van der Waals surface area (Å²) >= 11 is 7.24. The van der Waals surface area contributed by atoms with Gasteiger partial charge in [-0.1, -0.05) is 52.0 Å². The van der Waals surface area contributed by atoms with Crippen LogP contribution in [0.5, 0.6) is 5.75 Å². The van der Waals surface area contributed by atoms with Gasteiger partial charge in [-0.25, -0.2) is 4.57 Å². The second-order valence-electron chi connectivity index (χ2n) is 6.37. The van der Waals surface area contributed by atoms with Crippen molar-refractivity contribution in [3.8, 4) is 5.75 Å². The van der Waals surface area contributed by atoms with Gasteiger partial charge in [-0.15, -0.1) is 0 Å². The fraction of sp³-hybridized carbons (Fsp3) is 0.400. The Balaban J connectivity index is 2.02. The lowest BCUT2D eigenvalue weighted by molar-refractivity contribution is 0.514. The lowest BCUT2D eigenvalue weighted by Crippen LogP contribution is -1.92. The second-order valence-corrected chi connectivity index (χ2v) is 12.0. The third-order valence-corrected chi connectivity index (χ3v) is 8.02. The minimum Gasteiger partial charge on any atom is -0.425 e. The van der Waals surface area contributed by atoms with Crippen LogP contribution in [0, 0.1) is 0 Å². The van der Waals surface area contributed by atoms with Crippen molar-refractivity contribution in [1.29, 1.82) is 0 Å².